The molecule has 0 spiro atoms. The molecule has 0 aliphatic rings. The van der Waals surface area contributed by atoms with Gasteiger partial charge in [-0.15, -0.1) is 0 Å². The van der Waals surface area contributed by atoms with Crippen molar-refractivity contribution in [3.05, 3.63) is 29.8 Å². The molecule has 4 nitrogen and oxygen atoms in total. The molecule has 1 unspecified atom stereocenters. The third kappa shape index (κ3) is 3.94. The Hall–Kier alpha value is -1.49. The number of carbonyl (C=O) groups excluding carboxylic acids is 1. The Morgan fingerprint density at radius 1 is 1.56 bits per heavy atom. The molecule has 0 saturated carbocycles. The summed E-state index contributed by atoms with van der Waals surface area (Å²) in [6.07, 6.45) is 1.61. The van der Waals surface area contributed by atoms with Gasteiger partial charge in [0.25, 0.3) is 0 Å². The van der Waals surface area contributed by atoms with Gasteiger partial charge in [-0.1, -0.05) is 0 Å². The number of nitrogens with zero attached hydrogens (tertiary/aromatic N) is 1. The number of carbonyl (C=O) groups is 1. The van der Waals surface area contributed by atoms with Gasteiger partial charge in [0.2, 0.25) is 5.91 Å². The zero-order valence-corrected chi connectivity index (χ0v) is 9.46. The van der Waals surface area contributed by atoms with Gasteiger partial charge >= 0.3 is 0 Å². The highest BCUT2D eigenvalue weighted by atomic mass is 19.1. The van der Waals surface area contributed by atoms with Crippen LogP contribution < -0.4 is 10.6 Å². The standard InChI is InChI=1S/C11H16FN3O/c1-8(14-6-5-11(16)13-2)10-4-3-9(12)7-15-10/h3-4,7-8,14H,5-6H2,1-2H3,(H,13,16). The molecule has 0 aliphatic heterocycles. The number of hydrogen-bond donors (Lipinski definition) is 2. The zero-order valence-electron chi connectivity index (χ0n) is 9.46. The van der Waals surface area contributed by atoms with Crippen LogP contribution >= 0.6 is 0 Å². The normalized spacial score (nSPS) is 12.2. The van der Waals surface area contributed by atoms with Gasteiger partial charge < -0.3 is 10.6 Å². The second kappa shape index (κ2) is 6.17. The number of amides is 1. The van der Waals surface area contributed by atoms with Crippen LogP contribution in [0.4, 0.5) is 4.39 Å². The second-order valence-electron chi connectivity index (χ2n) is 3.50. The van der Waals surface area contributed by atoms with Gasteiger partial charge in [0.15, 0.2) is 0 Å². The lowest BCUT2D eigenvalue weighted by Crippen LogP contribution is -2.26. The summed E-state index contributed by atoms with van der Waals surface area (Å²) in [6, 6.07) is 3.01. The SMILES string of the molecule is CNC(=O)CCNC(C)c1ccc(F)cn1. The van der Waals surface area contributed by atoms with E-state index in [9.17, 15) is 9.18 Å². The lowest BCUT2D eigenvalue weighted by molar-refractivity contribution is -0.120. The van der Waals surface area contributed by atoms with E-state index in [1.54, 1.807) is 13.1 Å². The van der Waals surface area contributed by atoms with Crippen LogP contribution in [0.3, 0.4) is 0 Å². The van der Waals surface area contributed by atoms with E-state index < -0.39 is 0 Å². The molecule has 0 saturated heterocycles. The number of rotatable bonds is 5. The summed E-state index contributed by atoms with van der Waals surface area (Å²) in [7, 11) is 1.60. The molecule has 1 aromatic rings. The topological polar surface area (TPSA) is 54.0 Å². The van der Waals surface area contributed by atoms with Crippen LogP contribution in [-0.4, -0.2) is 24.5 Å². The zero-order chi connectivity index (χ0) is 12.0. The van der Waals surface area contributed by atoms with Gasteiger partial charge in [0.05, 0.1) is 11.9 Å². The first-order chi connectivity index (χ1) is 7.63. The molecule has 1 aromatic heterocycles. The summed E-state index contributed by atoms with van der Waals surface area (Å²) in [6.45, 7) is 2.49. The van der Waals surface area contributed by atoms with Crippen molar-refractivity contribution >= 4 is 5.91 Å². The van der Waals surface area contributed by atoms with Crippen molar-refractivity contribution in [2.24, 2.45) is 0 Å². The highest BCUT2D eigenvalue weighted by molar-refractivity contribution is 5.75. The Bertz CT molecular complexity index is 340. The molecule has 1 heterocycles. The molecule has 5 heteroatoms. The molecule has 2 N–H and O–H groups in total. The van der Waals surface area contributed by atoms with Gasteiger partial charge in [-0.05, 0) is 19.1 Å². The van der Waals surface area contributed by atoms with Crippen molar-refractivity contribution in [1.82, 2.24) is 15.6 Å². The molecule has 0 fully saturated rings. The van der Waals surface area contributed by atoms with E-state index in [0.29, 0.717) is 13.0 Å². The lowest BCUT2D eigenvalue weighted by atomic mass is 10.2. The van der Waals surface area contributed by atoms with E-state index >= 15 is 0 Å². The maximum Gasteiger partial charge on any atom is 0.221 e. The van der Waals surface area contributed by atoms with Crippen molar-refractivity contribution in [1.29, 1.82) is 0 Å². The first-order valence-electron chi connectivity index (χ1n) is 5.19. The Morgan fingerprint density at radius 2 is 2.31 bits per heavy atom. The highest BCUT2D eigenvalue weighted by Gasteiger charge is 2.06. The fourth-order valence-corrected chi connectivity index (χ4v) is 1.28. The number of pyridine rings is 1. The first-order valence-corrected chi connectivity index (χ1v) is 5.19. The van der Waals surface area contributed by atoms with Gasteiger partial charge in [0.1, 0.15) is 5.82 Å². The predicted octanol–water partition coefficient (Wildman–Crippen LogP) is 1.01. The maximum atomic E-state index is 12.6. The molecule has 1 amide bonds. The molecule has 88 valence electrons. The minimum Gasteiger partial charge on any atom is -0.359 e. The van der Waals surface area contributed by atoms with E-state index in [-0.39, 0.29) is 17.8 Å². The van der Waals surface area contributed by atoms with Crippen molar-refractivity contribution < 1.29 is 9.18 Å². The van der Waals surface area contributed by atoms with Crippen LogP contribution in [0, 0.1) is 5.82 Å². The number of nitrogens with one attached hydrogen (secondary N) is 2. The summed E-state index contributed by atoms with van der Waals surface area (Å²) in [4.78, 5) is 14.9. The van der Waals surface area contributed by atoms with Crippen LogP contribution in [0.5, 0.6) is 0 Å². The van der Waals surface area contributed by atoms with Crippen LogP contribution in [0.1, 0.15) is 25.1 Å². The number of halogens is 1. The number of hydrogen-bond acceptors (Lipinski definition) is 3. The maximum absolute atomic E-state index is 12.6. The Balaban J connectivity index is 2.37. The van der Waals surface area contributed by atoms with Crippen LogP contribution in [-0.2, 0) is 4.79 Å². The third-order valence-electron chi connectivity index (χ3n) is 2.28. The van der Waals surface area contributed by atoms with Crippen LogP contribution in [0.15, 0.2) is 18.3 Å². The molecule has 1 atom stereocenters. The Labute approximate surface area is 94.3 Å². The van der Waals surface area contributed by atoms with Crippen molar-refractivity contribution in [3.63, 3.8) is 0 Å². The highest BCUT2D eigenvalue weighted by Crippen LogP contribution is 2.08. The predicted molar refractivity (Wildman–Crippen MR) is 59.3 cm³/mol. The van der Waals surface area contributed by atoms with Crippen molar-refractivity contribution in [3.8, 4) is 0 Å². The first kappa shape index (κ1) is 12.6. The average Bonchev–Trinajstić information content (AvgIpc) is 2.29. The smallest absolute Gasteiger partial charge is 0.221 e. The van der Waals surface area contributed by atoms with Gasteiger partial charge in [-0.25, -0.2) is 4.39 Å². The van der Waals surface area contributed by atoms with Gasteiger partial charge in [-0.2, -0.15) is 0 Å². The van der Waals surface area contributed by atoms with Crippen LogP contribution in [0.2, 0.25) is 0 Å². The molecule has 0 bridgehead atoms. The lowest BCUT2D eigenvalue weighted by Gasteiger charge is -2.12. The Morgan fingerprint density at radius 3 is 2.88 bits per heavy atom. The summed E-state index contributed by atoms with van der Waals surface area (Å²) in [5, 5.41) is 5.68. The van der Waals surface area contributed by atoms with E-state index in [2.05, 4.69) is 15.6 Å². The summed E-state index contributed by atoms with van der Waals surface area (Å²) in [5.74, 6) is -0.354. The molecule has 1 rings (SSSR count). The largest absolute Gasteiger partial charge is 0.359 e. The van der Waals surface area contributed by atoms with Crippen molar-refractivity contribution in [2.45, 2.75) is 19.4 Å². The fourth-order valence-electron chi connectivity index (χ4n) is 1.28. The van der Waals surface area contributed by atoms with E-state index in [0.717, 1.165) is 5.69 Å². The Kier molecular flexibility index (Phi) is 4.85. The minimum absolute atomic E-state index is 0.00487. The van der Waals surface area contributed by atoms with E-state index in [1.807, 2.05) is 6.92 Å². The van der Waals surface area contributed by atoms with E-state index in [4.69, 9.17) is 0 Å². The second-order valence-corrected chi connectivity index (χ2v) is 3.50. The molecular weight excluding hydrogens is 209 g/mol. The van der Waals surface area contributed by atoms with Gasteiger partial charge in [-0.3, -0.25) is 9.78 Å². The summed E-state index contributed by atoms with van der Waals surface area (Å²) in [5.41, 5.74) is 0.762. The molecular formula is C11H16FN3O. The van der Waals surface area contributed by atoms with Crippen molar-refractivity contribution in [2.75, 3.05) is 13.6 Å². The molecule has 0 aliphatic carbocycles. The monoisotopic (exact) mass is 225 g/mol. The fraction of sp³-hybridized carbons (Fsp3) is 0.455. The molecule has 0 radical (unpaired) electrons. The molecule has 0 aromatic carbocycles. The van der Waals surface area contributed by atoms with E-state index in [1.165, 1.54) is 12.3 Å². The number of aromatic nitrogens is 1. The minimum atomic E-state index is -0.346. The van der Waals surface area contributed by atoms with Gasteiger partial charge in [0, 0.05) is 26.1 Å². The quantitative estimate of drug-likeness (QED) is 0.786. The molecule has 16 heavy (non-hydrogen) atoms. The summed E-state index contributed by atoms with van der Waals surface area (Å²) >= 11 is 0. The third-order valence-corrected chi connectivity index (χ3v) is 2.28. The summed E-state index contributed by atoms with van der Waals surface area (Å²) < 4.78 is 12.6. The van der Waals surface area contributed by atoms with Crippen LogP contribution in [0.25, 0.3) is 0 Å². The average molecular weight is 225 g/mol.